The number of carbonyl (C=O) groups excluding carboxylic acids is 1. The predicted octanol–water partition coefficient (Wildman–Crippen LogP) is 2.26. The number of rotatable bonds is 5. The van der Waals surface area contributed by atoms with Gasteiger partial charge in [0.15, 0.2) is 0 Å². The van der Waals surface area contributed by atoms with Crippen LogP contribution < -0.4 is 16.0 Å². The van der Waals surface area contributed by atoms with Gasteiger partial charge in [0.05, 0.1) is 5.41 Å². The summed E-state index contributed by atoms with van der Waals surface area (Å²) in [6.45, 7) is 7.39. The maximum Gasteiger partial charge on any atom is 0.225 e. The van der Waals surface area contributed by atoms with Crippen LogP contribution in [0.3, 0.4) is 0 Å². The van der Waals surface area contributed by atoms with E-state index in [4.69, 9.17) is 5.73 Å². The van der Waals surface area contributed by atoms with E-state index >= 15 is 0 Å². The first-order chi connectivity index (χ1) is 9.46. The monoisotopic (exact) mass is 339 g/mol. The Bertz CT molecular complexity index is 506. The van der Waals surface area contributed by atoms with Crippen molar-refractivity contribution in [2.24, 2.45) is 11.1 Å². The Morgan fingerprint density at radius 3 is 2.90 bits per heavy atom. The molecule has 0 saturated carbocycles. The molecule has 1 aromatic carbocycles. The number of hydrogen-bond donors (Lipinski definition) is 2. The maximum absolute atomic E-state index is 11.6. The van der Waals surface area contributed by atoms with E-state index in [1.165, 1.54) is 11.3 Å². The molecule has 0 aliphatic carbocycles. The van der Waals surface area contributed by atoms with Crippen LogP contribution in [-0.2, 0) is 11.3 Å². The third-order valence-electron chi connectivity index (χ3n) is 4.02. The molecule has 0 radical (unpaired) electrons. The van der Waals surface area contributed by atoms with Crippen LogP contribution >= 0.6 is 15.9 Å². The summed E-state index contributed by atoms with van der Waals surface area (Å²) in [7, 11) is 0. The van der Waals surface area contributed by atoms with E-state index in [0.29, 0.717) is 6.54 Å². The third kappa shape index (κ3) is 3.15. The molecule has 110 valence electrons. The number of nitrogens with two attached hydrogens (primary N) is 1. The van der Waals surface area contributed by atoms with Crippen molar-refractivity contribution in [3.63, 3.8) is 0 Å². The Hall–Kier alpha value is -1.07. The summed E-state index contributed by atoms with van der Waals surface area (Å²) in [6.07, 6.45) is 0.818. The summed E-state index contributed by atoms with van der Waals surface area (Å²) in [5.41, 5.74) is 7.55. The largest absolute Gasteiger partial charge is 0.370 e. The van der Waals surface area contributed by atoms with Crippen LogP contribution in [0.4, 0.5) is 5.69 Å². The second-order valence-electron chi connectivity index (χ2n) is 5.65. The number of halogens is 1. The molecule has 5 heteroatoms. The first kappa shape index (κ1) is 15.3. The lowest BCUT2D eigenvalue weighted by atomic mass is 9.89. The van der Waals surface area contributed by atoms with Crippen molar-refractivity contribution in [2.45, 2.75) is 26.8 Å². The first-order valence-electron chi connectivity index (χ1n) is 7.00. The van der Waals surface area contributed by atoms with Gasteiger partial charge in [-0.05, 0) is 43.7 Å². The number of anilines is 1. The van der Waals surface area contributed by atoms with Crippen LogP contribution in [0.15, 0.2) is 22.7 Å². The molecule has 1 aromatic rings. The van der Waals surface area contributed by atoms with Crippen molar-refractivity contribution in [2.75, 3.05) is 24.5 Å². The second-order valence-corrected chi connectivity index (χ2v) is 6.57. The van der Waals surface area contributed by atoms with Crippen molar-refractivity contribution in [3.05, 3.63) is 28.2 Å². The average molecular weight is 340 g/mol. The molecule has 1 aliphatic heterocycles. The van der Waals surface area contributed by atoms with E-state index in [1.54, 1.807) is 0 Å². The summed E-state index contributed by atoms with van der Waals surface area (Å²) in [5.74, 6) is -0.203. The lowest BCUT2D eigenvalue weighted by Crippen LogP contribution is -2.37. The zero-order valence-electron chi connectivity index (χ0n) is 12.1. The van der Waals surface area contributed by atoms with Gasteiger partial charge in [0.2, 0.25) is 5.91 Å². The number of nitrogens with zero attached hydrogens (tertiary/aromatic N) is 1. The van der Waals surface area contributed by atoms with Crippen molar-refractivity contribution < 1.29 is 4.79 Å². The molecule has 2 rings (SSSR count). The van der Waals surface area contributed by atoms with Crippen molar-refractivity contribution in [1.82, 2.24) is 5.32 Å². The summed E-state index contributed by atoms with van der Waals surface area (Å²) in [5, 5.41) is 3.36. The van der Waals surface area contributed by atoms with E-state index in [2.05, 4.69) is 45.2 Å². The minimum atomic E-state index is -0.414. The second kappa shape index (κ2) is 6.14. The fourth-order valence-electron chi connectivity index (χ4n) is 2.63. The van der Waals surface area contributed by atoms with Crippen molar-refractivity contribution >= 4 is 27.5 Å². The molecule has 0 bridgehead atoms. The van der Waals surface area contributed by atoms with Gasteiger partial charge in [-0.25, -0.2) is 0 Å². The van der Waals surface area contributed by atoms with Crippen LogP contribution in [-0.4, -0.2) is 25.5 Å². The van der Waals surface area contributed by atoms with E-state index in [0.717, 1.165) is 30.5 Å². The standard InChI is InChI=1S/C15H22BrN3O/c1-3-18-9-11-8-12(16)4-5-13(11)19-7-6-15(2,10-19)14(17)20/h4-5,8,18H,3,6-7,9-10H2,1-2H3,(H2,17,20). The smallest absolute Gasteiger partial charge is 0.225 e. The maximum atomic E-state index is 11.6. The molecule has 0 spiro atoms. The van der Waals surface area contributed by atoms with Gasteiger partial charge in [-0.2, -0.15) is 0 Å². The van der Waals surface area contributed by atoms with E-state index in [1.807, 2.05) is 13.0 Å². The first-order valence-corrected chi connectivity index (χ1v) is 7.79. The highest BCUT2D eigenvalue weighted by Gasteiger charge is 2.39. The molecular formula is C15H22BrN3O. The van der Waals surface area contributed by atoms with Gasteiger partial charge in [-0.1, -0.05) is 22.9 Å². The number of amides is 1. The Morgan fingerprint density at radius 1 is 1.55 bits per heavy atom. The normalized spacial score (nSPS) is 22.2. The predicted molar refractivity (Wildman–Crippen MR) is 85.7 cm³/mol. The number of benzene rings is 1. The van der Waals surface area contributed by atoms with Crippen molar-refractivity contribution in [1.29, 1.82) is 0 Å². The Balaban J connectivity index is 2.23. The Kier molecular flexibility index (Phi) is 4.70. The summed E-state index contributed by atoms with van der Waals surface area (Å²) < 4.78 is 1.08. The molecule has 1 atom stereocenters. The summed E-state index contributed by atoms with van der Waals surface area (Å²) in [6, 6.07) is 6.30. The highest BCUT2D eigenvalue weighted by molar-refractivity contribution is 9.10. The van der Waals surface area contributed by atoms with Crippen LogP contribution in [0.1, 0.15) is 25.8 Å². The highest BCUT2D eigenvalue weighted by atomic mass is 79.9. The van der Waals surface area contributed by atoms with Crippen LogP contribution in [0.5, 0.6) is 0 Å². The van der Waals surface area contributed by atoms with Crippen LogP contribution in [0, 0.1) is 5.41 Å². The minimum absolute atomic E-state index is 0.203. The minimum Gasteiger partial charge on any atom is -0.370 e. The molecule has 1 amide bonds. The molecule has 0 aromatic heterocycles. The van der Waals surface area contributed by atoms with Gasteiger partial charge in [-0.3, -0.25) is 4.79 Å². The lowest BCUT2D eigenvalue weighted by molar-refractivity contribution is -0.125. The molecule has 3 N–H and O–H groups in total. The molecule has 1 saturated heterocycles. The number of primary amides is 1. The zero-order chi connectivity index (χ0) is 14.8. The molecule has 20 heavy (non-hydrogen) atoms. The van der Waals surface area contributed by atoms with Crippen molar-refractivity contribution in [3.8, 4) is 0 Å². The van der Waals surface area contributed by atoms with E-state index in [-0.39, 0.29) is 5.91 Å². The summed E-state index contributed by atoms with van der Waals surface area (Å²) in [4.78, 5) is 13.9. The fourth-order valence-corrected chi connectivity index (χ4v) is 3.04. The third-order valence-corrected chi connectivity index (χ3v) is 4.51. The Labute approximate surface area is 128 Å². The van der Waals surface area contributed by atoms with Crippen LogP contribution in [0.2, 0.25) is 0 Å². The molecule has 1 heterocycles. The van der Waals surface area contributed by atoms with Crippen LogP contribution in [0.25, 0.3) is 0 Å². The lowest BCUT2D eigenvalue weighted by Gasteiger charge is -2.25. The SMILES string of the molecule is CCNCc1cc(Br)ccc1N1CCC(C)(C(N)=O)C1. The van der Waals surface area contributed by atoms with Gasteiger partial charge < -0.3 is 16.0 Å². The van der Waals surface area contributed by atoms with E-state index in [9.17, 15) is 4.79 Å². The van der Waals surface area contributed by atoms with Gasteiger partial charge in [0.1, 0.15) is 0 Å². The van der Waals surface area contributed by atoms with Gasteiger partial charge >= 0.3 is 0 Å². The molecule has 4 nitrogen and oxygen atoms in total. The summed E-state index contributed by atoms with van der Waals surface area (Å²) >= 11 is 3.52. The number of carbonyl (C=O) groups is 1. The topological polar surface area (TPSA) is 58.4 Å². The van der Waals surface area contributed by atoms with Gasteiger partial charge in [-0.15, -0.1) is 0 Å². The zero-order valence-corrected chi connectivity index (χ0v) is 13.7. The fraction of sp³-hybridized carbons (Fsp3) is 0.533. The van der Waals surface area contributed by atoms with Gasteiger partial charge in [0.25, 0.3) is 0 Å². The molecule has 1 unspecified atom stereocenters. The molecule has 1 aliphatic rings. The van der Waals surface area contributed by atoms with E-state index < -0.39 is 5.41 Å². The number of hydrogen-bond acceptors (Lipinski definition) is 3. The average Bonchev–Trinajstić information content (AvgIpc) is 2.80. The molecular weight excluding hydrogens is 318 g/mol. The number of nitrogens with one attached hydrogen (secondary N) is 1. The molecule has 1 fully saturated rings. The highest BCUT2D eigenvalue weighted by Crippen LogP contribution is 2.35. The van der Waals surface area contributed by atoms with Gasteiger partial charge in [0, 0.05) is 29.8 Å². The quantitative estimate of drug-likeness (QED) is 0.864. The Morgan fingerprint density at radius 2 is 2.30 bits per heavy atom.